The Morgan fingerprint density at radius 1 is 1.25 bits per heavy atom. The predicted octanol–water partition coefficient (Wildman–Crippen LogP) is 2.99. The fourth-order valence-electron chi connectivity index (χ4n) is 3.77. The number of urea groups is 1. The van der Waals surface area contributed by atoms with Crippen molar-refractivity contribution in [3.8, 4) is 5.75 Å². The van der Waals surface area contributed by atoms with Crippen molar-refractivity contribution in [2.24, 2.45) is 7.05 Å². The Hall–Kier alpha value is -2.48. The van der Waals surface area contributed by atoms with Crippen molar-refractivity contribution in [2.75, 3.05) is 25.5 Å². The SMILES string of the molecule is COc1ccc(Cl)cc1NC(=O)N1CCC(c2nn(C)c(=O)n2C2CC2)CC1. The van der Waals surface area contributed by atoms with Gasteiger partial charge in [0, 0.05) is 37.1 Å². The fourth-order valence-corrected chi connectivity index (χ4v) is 3.94. The van der Waals surface area contributed by atoms with Crippen LogP contribution in [-0.2, 0) is 7.05 Å². The smallest absolute Gasteiger partial charge is 0.345 e. The zero-order chi connectivity index (χ0) is 19.8. The molecule has 0 radical (unpaired) electrons. The Morgan fingerprint density at radius 3 is 2.61 bits per heavy atom. The first kappa shape index (κ1) is 18.9. The number of hydrogen-bond acceptors (Lipinski definition) is 4. The number of halogens is 1. The van der Waals surface area contributed by atoms with Gasteiger partial charge in [-0.3, -0.25) is 4.57 Å². The molecule has 1 aromatic heterocycles. The maximum Gasteiger partial charge on any atom is 0.345 e. The van der Waals surface area contributed by atoms with Gasteiger partial charge >= 0.3 is 11.7 Å². The molecule has 0 atom stereocenters. The van der Waals surface area contributed by atoms with Crippen LogP contribution < -0.4 is 15.7 Å². The van der Waals surface area contributed by atoms with Crippen molar-refractivity contribution in [2.45, 2.75) is 37.6 Å². The van der Waals surface area contributed by atoms with E-state index in [1.54, 1.807) is 37.3 Å². The lowest BCUT2D eigenvalue weighted by Gasteiger charge is -2.31. The molecule has 0 unspecified atom stereocenters. The number of ether oxygens (including phenoxy) is 1. The fraction of sp³-hybridized carbons (Fsp3) is 0.526. The summed E-state index contributed by atoms with van der Waals surface area (Å²) in [6.45, 7) is 1.21. The average molecular weight is 406 g/mol. The van der Waals surface area contributed by atoms with Crippen molar-refractivity contribution in [3.05, 3.63) is 39.5 Å². The topological polar surface area (TPSA) is 81.4 Å². The highest BCUT2D eigenvalue weighted by molar-refractivity contribution is 6.31. The van der Waals surface area contributed by atoms with E-state index in [0.29, 0.717) is 35.6 Å². The number of likely N-dealkylation sites (tertiary alicyclic amines) is 1. The molecule has 28 heavy (non-hydrogen) atoms. The van der Waals surface area contributed by atoms with E-state index in [9.17, 15) is 9.59 Å². The molecule has 8 nitrogen and oxygen atoms in total. The predicted molar refractivity (Wildman–Crippen MR) is 106 cm³/mol. The standard InChI is InChI=1S/C19H24ClN5O3/c1-23-19(27)25(14-4-5-14)17(22-23)12-7-9-24(10-8-12)18(26)21-15-11-13(20)3-6-16(15)28-2/h3,6,11-12,14H,4-5,7-10H2,1-2H3,(H,21,26). The number of nitrogens with zero attached hydrogens (tertiary/aromatic N) is 4. The first-order chi connectivity index (χ1) is 13.5. The second kappa shape index (κ2) is 7.50. The van der Waals surface area contributed by atoms with Crippen LogP contribution in [0.4, 0.5) is 10.5 Å². The quantitative estimate of drug-likeness (QED) is 0.847. The van der Waals surface area contributed by atoms with Gasteiger partial charge in [0.2, 0.25) is 0 Å². The molecule has 1 aliphatic carbocycles. The zero-order valence-electron chi connectivity index (χ0n) is 16.0. The zero-order valence-corrected chi connectivity index (χ0v) is 16.8. The molecular weight excluding hydrogens is 382 g/mol. The summed E-state index contributed by atoms with van der Waals surface area (Å²) in [5, 5.41) is 7.89. The van der Waals surface area contributed by atoms with Crippen LogP contribution in [0.25, 0.3) is 0 Å². The van der Waals surface area contributed by atoms with Gasteiger partial charge in [-0.25, -0.2) is 14.3 Å². The lowest BCUT2D eigenvalue weighted by atomic mass is 9.96. The first-order valence-corrected chi connectivity index (χ1v) is 9.90. The summed E-state index contributed by atoms with van der Waals surface area (Å²) in [4.78, 5) is 26.8. The number of hydrogen-bond donors (Lipinski definition) is 1. The molecule has 9 heteroatoms. The molecule has 0 bridgehead atoms. The summed E-state index contributed by atoms with van der Waals surface area (Å²) in [6, 6.07) is 5.23. The molecule has 2 aliphatic rings. The molecule has 1 saturated heterocycles. The maximum absolute atomic E-state index is 12.7. The van der Waals surface area contributed by atoms with E-state index in [4.69, 9.17) is 16.3 Å². The van der Waals surface area contributed by atoms with Gasteiger partial charge in [0.15, 0.2) is 0 Å². The highest BCUT2D eigenvalue weighted by Gasteiger charge is 2.34. The van der Waals surface area contributed by atoms with Crippen LogP contribution in [0.15, 0.2) is 23.0 Å². The summed E-state index contributed by atoms with van der Waals surface area (Å²) < 4.78 is 8.57. The summed E-state index contributed by atoms with van der Waals surface area (Å²) >= 11 is 6.03. The van der Waals surface area contributed by atoms with Gasteiger partial charge in [0.25, 0.3) is 0 Å². The number of amides is 2. The monoisotopic (exact) mass is 405 g/mol. The van der Waals surface area contributed by atoms with E-state index in [2.05, 4.69) is 10.4 Å². The number of piperidine rings is 1. The molecule has 2 fully saturated rings. The van der Waals surface area contributed by atoms with Gasteiger partial charge in [-0.05, 0) is 43.9 Å². The van der Waals surface area contributed by atoms with E-state index in [0.717, 1.165) is 31.5 Å². The van der Waals surface area contributed by atoms with E-state index < -0.39 is 0 Å². The van der Waals surface area contributed by atoms with Crippen molar-refractivity contribution in [1.29, 1.82) is 0 Å². The Bertz CT molecular complexity index is 942. The molecule has 1 N–H and O–H groups in total. The Labute approximate surface area is 168 Å². The summed E-state index contributed by atoms with van der Waals surface area (Å²) in [6.07, 6.45) is 3.65. The number of carbonyl (C=O) groups excluding carboxylic acids is 1. The Balaban J connectivity index is 1.42. The number of rotatable bonds is 4. The molecule has 1 aromatic carbocycles. The molecule has 4 rings (SSSR count). The van der Waals surface area contributed by atoms with Crippen LogP contribution in [0, 0.1) is 0 Å². The van der Waals surface area contributed by atoms with Gasteiger partial charge in [-0.15, -0.1) is 0 Å². The third kappa shape index (κ3) is 3.61. The minimum absolute atomic E-state index is 0.0364. The molecule has 150 valence electrons. The van der Waals surface area contributed by atoms with Gasteiger partial charge in [-0.1, -0.05) is 11.6 Å². The number of aromatic nitrogens is 3. The molecule has 2 heterocycles. The van der Waals surface area contributed by atoms with Gasteiger partial charge in [0.1, 0.15) is 11.6 Å². The van der Waals surface area contributed by atoms with Crippen LogP contribution in [0.1, 0.15) is 43.5 Å². The average Bonchev–Trinajstić information content (AvgIpc) is 3.48. The van der Waals surface area contributed by atoms with Crippen molar-refractivity contribution >= 4 is 23.3 Å². The van der Waals surface area contributed by atoms with Crippen LogP contribution >= 0.6 is 11.6 Å². The van der Waals surface area contributed by atoms with E-state index >= 15 is 0 Å². The third-order valence-corrected chi connectivity index (χ3v) is 5.68. The van der Waals surface area contributed by atoms with E-state index in [1.807, 2.05) is 4.57 Å². The number of anilines is 1. The molecular formula is C19H24ClN5O3. The van der Waals surface area contributed by atoms with Crippen molar-refractivity contribution in [3.63, 3.8) is 0 Å². The largest absolute Gasteiger partial charge is 0.495 e. The lowest BCUT2D eigenvalue weighted by molar-refractivity contribution is 0.192. The normalized spacial score (nSPS) is 17.6. The van der Waals surface area contributed by atoms with Crippen LogP contribution in [0.3, 0.4) is 0 Å². The van der Waals surface area contributed by atoms with Crippen LogP contribution in [0.5, 0.6) is 5.75 Å². The van der Waals surface area contributed by atoms with Gasteiger partial charge in [-0.2, -0.15) is 5.10 Å². The molecule has 0 spiro atoms. The number of aryl methyl sites for hydroxylation is 1. The summed E-state index contributed by atoms with van der Waals surface area (Å²) in [7, 11) is 3.25. The number of methoxy groups -OCH3 is 1. The molecule has 1 saturated carbocycles. The van der Waals surface area contributed by atoms with Gasteiger partial charge < -0.3 is 15.0 Å². The summed E-state index contributed by atoms with van der Waals surface area (Å²) in [5.41, 5.74) is 0.514. The third-order valence-electron chi connectivity index (χ3n) is 5.44. The number of nitrogens with one attached hydrogen (secondary N) is 1. The van der Waals surface area contributed by atoms with Crippen molar-refractivity contribution in [1.82, 2.24) is 19.2 Å². The lowest BCUT2D eigenvalue weighted by Crippen LogP contribution is -2.41. The van der Waals surface area contributed by atoms with Crippen molar-refractivity contribution < 1.29 is 9.53 Å². The molecule has 1 aliphatic heterocycles. The highest BCUT2D eigenvalue weighted by Crippen LogP contribution is 2.37. The number of carbonyl (C=O) groups is 1. The minimum atomic E-state index is -0.181. The second-order valence-electron chi connectivity index (χ2n) is 7.40. The van der Waals surface area contributed by atoms with E-state index in [1.165, 1.54) is 4.68 Å². The maximum atomic E-state index is 12.7. The first-order valence-electron chi connectivity index (χ1n) is 9.53. The molecule has 2 amide bonds. The van der Waals surface area contributed by atoms with Crippen LogP contribution in [0.2, 0.25) is 5.02 Å². The second-order valence-corrected chi connectivity index (χ2v) is 7.84. The van der Waals surface area contributed by atoms with Gasteiger partial charge in [0.05, 0.1) is 12.8 Å². The van der Waals surface area contributed by atoms with Crippen LogP contribution in [-0.4, -0.2) is 45.5 Å². The Kier molecular flexibility index (Phi) is 5.05. The Morgan fingerprint density at radius 2 is 1.96 bits per heavy atom. The number of benzene rings is 1. The van der Waals surface area contributed by atoms with E-state index in [-0.39, 0.29) is 17.6 Å². The minimum Gasteiger partial charge on any atom is -0.495 e. The summed E-state index contributed by atoms with van der Waals surface area (Å²) in [5.74, 6) is 1.63. The highest BCUT2D eigenvalue weighted by atomic mass is 35.5. The molecule has 2 aromatic rings.